The van der Waals surface area contributed by atoms with Gasteiger partial charge in [0.15, 0.2) is 0 Å². The second-order valence-corrected chi connectivity index (χ2v) is 7.07. The SMILES string of the molecule is CCOC(=O)Nc1cccc(C(=O)N2CCN(C(=O)c3cc(Cl)ccc3F)CC2)c1. The first-order valence-electron chi connectivity index (χ1n) is 9.46. The largest absolute Gasteiger partial charge is 0.450 e. The van der Waals surface area contributed by atoms with Crippen molar-refractivity contribution in [2.75, 3.05) is 38.1 Å². The molecule has 0 aliphatic carbocycles. The van der Waals surface area contributed by atoms with Gasteiger partial charge in [0, 0.05) is 42.5 Å². The smallest absolute Gasteiger partial charge is 0.411 e. The van der Waals surface area contributed by atoms with Crippen molar-refractivity contribution >= 4 is 35.2 Å². The molecular weight excluding hydrogens is 413 g/mol. The number of nitrogens with zero attached hydrogens (tertiary/aromatic N) is 2. The Bertz CT molecular complexity index is 961. The number of halogens is 2. The fourth-order valence-electron chi connectivity index (χ4n) is 3.14. The normalized spacial score (nSPS) is 13.7. The van der Waals surface area contributed by atoms with Gasteiger partial charge in [-0.1, -0.05) is 17.7 Å². The van der Waals surface area contributed by atoms with E-state index in [0.717, 1.165) is 6.07 Å². The van der Waals surface area contributed by atoms with Crippen LogP contribution in [0.25, 0.3) is 0 Å². The summed E-state index contributed by atoms with van der Waals surface area (Å²) in [5, 5.41) is 2.84. The predicted octanol–water partition coefficient (Wildman–Crippen LogP) is 3.65. The zero-order chi connectivity index (χ0) is 21.7. The number of carbonyl (C=O) groups excluding carboxylic acids is 3. The van der Waals surface area contributed by atoms with Gasteiger partial charge < -0.3 is 14.5 Å². The van der Waals surface area contributed by atoms with Crippen LogP contribution in [0.4, 0.5) is 14.9 Å². The predicted molar refractivity (Wildman–Crippen MR) is 110 cm³/mol. The number of amides is 3. The van der Waals surface area contributed by atoms with Gasteiger partial charge in [0.25, 0.3) is 11.8 Å². The molecule has 0 spiro atoms. The number of nitrogens with one attached hydrogen (secondary N) is 1. The number of carbonyl (C=O) groups is 3. The number of hydrogen-bond donors (Lipinski definition) is 1. The molecule has 1 fully saturated rings. The van der Waals surface area contributed by atoms with E-state index in [2.05, 4.69) is 5.32 Å². The zero-order valence-electron chi connectivity index (χ0n) is 16.4. The molecule has 0 unspecified atom stereocenters. The van der Waals surface area contributed by atoms with Gasteiger partial charge in [-0.3, -0.25) is 14.9 Å². The van der Waals surface area contributed by atoms with E-state index in [4.69, 9.17) is 16.3 Å². The molecule has 1 heterocycles. The molecule has 9 heteroatoms. The first kappa shape index (κ1) is 21.6. The van der Waals surface area contributed by atoms with Crippen LogP contribution >= 0.6 is 11.6 Å². The van der Waals surface area contributed by atoms with Gasteiger partial charge >= 0.3 is 6.09 Å². The molecule has 0 aromatic heterocycles. The van der Waals surface area contributed by atoms with Gasteiger partial charge in [0.1, 0.15) is 5.82 Å². The van der Waals surface area contributed by atoms with E-state index in [0.29, 0.717) is 24.3 Å². The van der Waals surface area contributed by atoms with Gasteiger partial charge in [-0.05, 0) is 43.3 Å². The molecule has 3 amide bonds. The maximum absolute atomic E-state index is 14.0. The Morgan fingerprint density at radius 3 is 2.37 bits per heavy atom. The van der Waals surface area contributed by atoms with Crippen molar-refractivity contribution in [2.45, 2.75) is 6.92 Å². The minimum Gasteiger partial charge on any atom is -0.450 e. The van der Waals surface area contributed by atoms with Crippen molar-refractivity contribution in [1.29, 1.82) is 0 Å². The molecule has 2 aromatic carbocycles. The quantitative estimate of drug-likeness (QED) is 0.798. The summed E-state index contributed by atoms with van der Waals surface area (Å²) in [5.74, 6) is -1.31. The van der Waals surface area contributed by atoms with Crippen molar-refractivity contribution in [2.24, 2.45) is 0 Å². The summed E-state index contributed by atoms with van der Waals surface area (Å²) in [7, 11) is 0. The van der Waals surface area contributed by atoms with Crippen LogP contribution in [0.15, 0.2) is 42.5 Å². The van der Waals surface area contributed by atoms with Crippen LogP contribution in [-0.2, 0) is 4.74 Å². The van der Waals surface area contributed by atoms with Crippen molar-refractivity contribution in [3.05, 3.63) is 64.4 Å². The van der Waals surface area contributed by atoms with E-state index in [-0.39, 0.29) is 36.2 Å². The Labute approximate surface area is 178 Å². The topological polar surface area (TPSA) is 79.0 Å². The maximum atomic E-state index is 14.0. The summed E-state index contributed by atoms with van der Waals surface area (Å²) < 4.78 is 18.8. The lowest BCUT2D eigenvalue weighted by Crippen LogP contribution is -2.50. The van der Waals surface area contributed by atoms with E-state index >= 15 is 0 Å². The highest BCUT2D eigenvalue weighted by atomic mass is 35.5. The Morgan fingerprint density at radius 2 is 1.70 bits per heavy atom. The van der Waals surface area contributed by atoms with Crippen molar-refractivity contribution < 1.29 is 23.5 Å². The number of ether oxygens (including phenoxy) is 1. The summed E-state index contributed by atoms with van der Waals surface area (Å²) >= 11 is 5.87. The zero-order valence-corrected chi connectivity index (χ0v) is 17.1. The fraction of sp³-hybridized carbons (Fsp3) is 0.286. The van der Waals surface area contributed by atoms with E-state index in [1.165, 1.54) is 17.0 Å². The summed E-state index contributed by atoms with van der Waals surface area (Å²) in [5.41, 5.74) is 0.773. The van der Waals surface area contributed by atoms with Gasteiger partial charge in [0.05, 0.1) is 12.2 Å². The third kappa shape index (κ3) is 5.07. The van der Waals surface area contributed by atoms with Gasteiger partial charge in [-0.25, -0.2) is 9.18 Å². The second kappa shape index (κ2) is 9.58. The summed E-state index contributed by atoms with van der Waals surface area (Å²) in [6.07, 6.45) is -0.595. The highest BCUT2D eigenvalue weighted by Gasteiger charge is 2.27. The molecule has 7 nitrogen and oxygen atoms in total. The third-order valence-corrected chi connectivity index (χ3v) is 4.88. The minimum absolute atomic E-state index is 0.0833. The first-order chi connectivity index (χ1) is 14.4. The van der Waals surface area contributed by atoms with Crippen LogP contribution in [-0.4, -0.2) is 60.5 Å². The molecule has 2 aromatic rings. The summed E-state index contributed by atoms with van der Waals surface area (Å²) in [6, 6.07) is 10.4. The summed E-state index contributed by atoms with van der Waals surface area (Å²) in [4.78, 5) is 40.1. The molecule has 3 rings (SSSR count). The van der Waals surface area contributed by atoms with Gasteiger partial charge in [-0.15, -0.1) is 0 Å². The van der Waals surface area contributed by atoms with Crippen LogP contribution in [0, 0.1) is 5.82 Å². The molecule has 1 aliphatic rings. The maximum Gasteiger partial charge on any atom is 0.411 e. The van der Waals surface area contributed by atoms with Crippen molar-refractivity contribution in [1.82, 2.24) is 9.80 Å². The average Bonchev–Trinajstić information content (AvgIpc) is 2.75. The molecule has 1 saturated heterocycles. The Balaban J connectivity index is 1.62. The van der Waals surface area contributed by atoms with Crippen molar-refractivity contribution in [3.63, 3.8) is 0 Å². The van der Waals surface area contributed by atoms with Crippen molar-refractivity contribution in [3.8, 4) is 0 Å². The molecule has 0 radical (unpaired) electrons. The second-order valence-electron chi connectivity index (χ2n) is 6.63. The highest BCUT2D eigenvalue weighted by molar-refractivity contribution is 6.31. The molecule has 158 valence electrons. The monoisotopic (exact) mass is 433 g/mol. The number of benzene rings is 2. The Kier molecular flexibility index (Phi) is 6.89. The van der Waals surface area contributed by atoms with E-state index < -0.39 is 17.8 Å². The number of hydrogen-bond acceptors (Lipinski definition) is 4. The molecule has 30 heavy (non-hydrogen) atoms. The van der Waals surface area contributed by atoms with Crippen LogP contribution in [0.2, 0.25) is 5.02 Å². The van der Waals surface area contributed by atoms with E-state index in [9.17, 15) is 18.8 Å². The lowest BCUT2D eigenvalue weighted by atomic mass is 10.1. The summed E-state index contributed by atoms with van der Waals surface area (Å²) in [6.45, 7) is 3.11. The molecule has 0 bridgehead atoms. The first-order valence-corrected chi connectivity index (χ1v) is 9.84. The standard InChI is InChI=1S/C21H21ClFN3O4/c1-2-30-21(29)24-16-5-3-4-14(12-16)19(27)25-8-10-26(11-9-25)20(28)17-13-15(22)6-7-18(17)23/h3-7,12-13H,2,8-11H2,1H3,(H,24,29). The van der Waals surface area contributed by atoms with Crippen LogP contribution in [0.3, 0.4) is 0 Å². The van der Waals surface area contributed by atoms with Crippen LogP contribution < -0.4 is 5.32 Å². The molecule has 0 atom stereocenters. The number of rotatable bonds is 4. The van der Waals surface area contributed by atoms with E-state index in [1.54, 1.807) is 36.1 Å². The van der Waals surface area contributed by atoms with E-state index in [1.807, 2.05) is 0 Å². The Hall–Kier alpha value is -3.13. The lowest BCUT2D eigenvalue weighted by Gasteiger charge is -2.35. The van der Waals surface area contributed by atoms with Gasteiger partial charge in [-0.2, -0.15) is 0 Å². The Morgan fingerprint density at radius 1 is 1.03 bits per heavy atom. The fourth-order valence-corrected chi connectivity index (χ4v) is 3.31. The lowest BCUT2D eigenvalue weighted by molar-refractivity contribution is 0.0533. The highest BCUT2D eigenvalue weighted by Crippen LogP contribution is 2.19. The van der Waals surface area contributed by atoms with Crippen LogP contribution in [0.5, 0.6) is 0 Å². The minimum atomic E-state index is -0.631. The number of anilines is 1. The third-order valence-electron chi connectivity index (χ3n) is 4.64. The molecule has 1 N–H and O–H groups in total. The molecule has 1 aliphatic heterocycles. The molecule has 0 saturated carbocycles. The number of piperazine rings is 1. The average molecular weight is 434 g/mol. The molecular formula is C21H21ClFN3O4. The van der Waals surface area contributed by atoms with Gasteiger partial charge in [0.2, 0.25) is 0 Å². The van der Waals surface area contributed by atoms with Crippen LogP contribution in [0.1, 0.15) is 27.6 Å².